The Labute approximate surface area is 110 Å². The van der Waals surface area contributed by atoms with Crippen LogP contribution in [0.25, 0.3) is 0 Å². The van der Waals surface area contributed by atoms with E-state index in [2.05, 4.69) is 36.7 Å². The Morgan fingerprint density at radius 2 is 2.11 bits per heavy atom. The summed E-state index contributed by atoms with van der Waals surface area (Å²) in [7, 11) is 0. The maximum absolute atomic E-state index is 5.90. The fourth-order valence-corrected chi connectivity index (χ4v) is 2.75. The van der Waals surface area contributed by atoms with Gasteiger partial charge in [0.1, 0.15) is 0 Å². The van der Waals surface area contributed by atoms with Crippen molar-refractivity contribution in [2.75, 3.05) is 18.0 Å². The number of pyridine rings is 1. The van der Waals surface area contributed by atoms with E-state index in [1.165, 1.54) is 37.1 Å². The van der Waals surface area contributed by atoms with Crippen LogP contribution in [-0.2, 0) is 6.54 Å². The standard InChI is InChI=1S/C15H25N3/c1-4-18(10-13-6-5-7-13)15-8-11(2)17-12(3)14(15)9-16/h8,13H,4-7,9-10,16H2,1-3H3. The molecule has 1 aliphatic rings. The number of nitrogens with two attached hydrogens (primary N) is 1. The van der Waals surface area contributed by atoms with Crippen LogP contribution >= 0.6 is 0 Å². The maximum Gasteiger partial charge on any atom is 0.0448 e. The molecule has 0 aliphatic heterocycles. The molecule has 0 radical (unpaired) electrons. The van der Waals surface area contributed by atoms with E-state index in [0.29, 0.717) is 6.54 Å². The predicted molar refractivity (Wildman–Crippen MR) is 76.8 cm³/mol. The summed E-state index contributed by atoms with van der Waals surface area (Å²) in [6.45, 7) is 9.16. The van der Waals surface area contributed by atoms with Gasteiger partial charge in [0.05, 0.1) is 0 Å². The number of rotatable bonds is 5. The van der Waals surface area contributed by atoms with E-state index >= 15 is 0 Å². The molecule has 100 valence electrons. The third-order valence-electron chi connectivity index (χ3n) is 4.07. The van der Waals surface area contributed by atoms with Crippen LogP contribution in [-0.4, -0.2) is 18.1 Å². The van der Waals surface area contributed by atoms with E-state index in [9.17, 15) is 0 Å². The normalized spacial score (nSPS) is 15.6. The molecule has 2 N–H and O–H groups in total. The smallest absolute Gasteiger partial charge is 0.0448 e. The first-order valence-electron chi connectivity index (χ1n) is 7.07. The Hall–Kier alpha value is -1.09. The molecule has 2 rings (SSSR count). The highest BCUT2D eigenvalue weighted by atomic mass is 15.1. The van der Waals surface area contributed by atoms with Crippen molar-refractivity contribution in [2.24, 2.45) is 11.7 Å². The molecule has 3 nitrogen and oxygen atoms in total. The molecule has 0 atom stereocenters. The summed E-state index contributed by atoms with van der Waals surface area (Å²) in [5, 5.41) is 0. The average molecular weight is 247 g/mol. The topological polar surface area (TPSA) is 42.2 Å². The van der Waals surface area contributed by atoms with Gasteiger partial charge in [-0.1, -0.05) is 6.42 Å². The minimum atomic E-state index is 0.579. The fourth-order valence-electron chi connectivity index (χ4n) is 2.75. The van der Waals surface area contributed by atoms with Gasteiger partial charge in [-0.25, -0.2) is 0 Å². The first kappa shape index (κ1) is 13.3. The number of anilines is 1. The van der Waals surface area contributed by atoms with Crippen molar-refractivity contribution in [3.8, 4) is 0 Å². The summed E-state index contributed by atoms with van der Waals surface area (Å²) in [5.41, 5.74) is 10.6. The van der Waals surface area contributed by atoms with E-state index in [1.54, 1.807) is 0 Å². The SMILES string of the molecule is CCN(CC1CCC1)c1cc(C)nc(C)c1CN. The van der Waals surface area contributed by atoms with Crippen LogP contribution in [0.4, 0.5) is 5.69 Å². The predicted octanol–water partition coefficient (Wildman–Crippen LogP) is 2.78. The van der Waals surface area contributed by atoms with Gasteiger partial charge in [0.15, 0.2) is 0 Å². The summed E-state index contributed by atoms with van der Waals surface area (Å²) >= 11 is 0. The summed E-state index contributed by atoms with van der Waals surface area (Å²) < 4.78 is 0. The Balaban J connectivity index is 2.27. The number of aryl methyl sites for hydroxylation is 2. The summed E-state index contributed by atoms with van der Waals surface area (Å²) in [6.07, 6.45) is 4.18. The van der Waals surface area contributed by atoms with Gasteiger partial charge < -0.3 is 10.6 Å². The molecule has 1 aromatic rings. The van der Waals surface area contributed by atoms with Crippen LogP contribution in [0.5, 0.6) is 0 Å². The van der Waals surface area contributed by atoms with Crippen molar-refractivity contribution in [1.29, 1.82) is 0 Å². The zero-order valence-corrected chi connectivity index (χ0v) is 11.9. The lowest BCUT2D eigenvalue weighted by atomic mass is 9.85. The molecular weight excluding hydrogens is 222 g/mol. The number of nitrogens with zero attached hydrogens (tertiary/aromatic N) is 2. The van der Waals surface area contributed by atoms with Crippen molar-refractivity contribution in [1.82, 2.24) is 4.98 Å². The van der Waals surface area contributed by atoms with Crippen molar-refractivity contribution in [3.63, 3.8) is 0 Å². The van der Waals surface area contributed by atoms with Crippen LogP contribution in [0, 0.1) is 19.8 Å². The molecule has 1 aliphatic carbocycles. The molecule has 1 saturated carbocycles. The number of hydrogen-bond acceptors (Lipinski definition) is 3. The Kier molecular flexibility index (Phi) is 4.23. The van der Waals surface area contributed by atoms with Crippen LogP contribution < -0.4 is 10.6 Å². The van der Waals surface area contributed by atoms with Crippen molar-refractivity contribution >= 4 is 5.69 Å². The Bertz CT molecular complexity index is 410. The van der Waals surface area contributed by atoms with Gasteiger partial charge in [-0.05, 0) is 45.6 Å². The number of hydrogen-bond donors (Lipinski definition) is 1. The lowest BCUT2D eigenvalue weighted by Gasteiger charge is -2.34. The van der Waals surface area contributed by atoms with E-state index in [-0.39, 0.29) is 0 Å². The van der Waals surface area contributed by atoms with Gasteiger partial charge >= 0.3 is 0 Å². The first-order chi connectivity index (χ1) is 8.65. The van der Waals surface area contributed by atoms with Crippen LogP contribution in [0.2, 0.25) is 0 Å². The summed E-state index contributed by atoms with van der Waals surface area (Å²) in [5.74, 6) is 0.879. The van der Waals surface area contributed by atoms with Crippen LogP contribution in [0.3, 0.4) is 0 Å². The molecule has 0 saturated heterocycles. The molecule has 0 bridgehead atoms. The van der Waals surface area contributed by atoms with Crippen molar-refractivity contribution in [3.05, 3.63) is 23.0 Å². The molecular formula is C15H25N3. The van der Waals surface area contributed by atoms with Gasteiger partial charge in [0, 0.05) is 42.3 Å². The second kappa shape index (κ2) is 5.70. The van der Waals surface area contributed by atoms with Crippen molar-refractivity contribution in [2.45, 2.75) is 46.6 Å². The van der Waals surface area contributed by atoms with Gasteiger partial charge in [-0.2, -0.15) is 0 Å². The highest BCUT2D eigenvalue weighted by Gasteiger charge is 2.22. The molecule has 1 fully saturated rings. The van der Waals surface area contributed by atoms with Gasteiger partial charge in [0.2, 0.25) is 0 Å². The highest BCUT2D eigenvalue weighted by Crippen LogP contribution is 2.31. The zero-order valence-electron chi connectivity index (χ0n) is 11.9. The molecule has 3 heteroatoms. The molecule has 0 aromatic carbocycles. The highest BCUT2D eigenvalue weighted by molar-refractivity contribution is 5.56. The lowest BCUT2D eigenvalue weighted by molar-refractivity contribution is 0.318. The molecule has 0 unspecified atom stereocenters. The van der Waals surface area contributed by atoms with Crippen LogP contribution in [0.1, 0.15) is 43.1 Å². The average Bonchev–Trinajstić information content (AvgIpc) is 2.27. The third kappa shape index (κ3) is 2.66. The number of aromatic nitrogens is 1. The second-order valence-electron chi connectivity index (χ2n) is 5.39. The lowest BCUT2D eigenvalue weighted by Crippen LogP contribution is -2.33. The van der Waals surface area contributed by atoms with Crippen molar-refractivity contribution < 1.29 is 0 Å². The molecule has 1 aromatic heterocycles. The largest absolute Gasteiger partial charge is 0.371 e. The Morgan fingerprint density at radius 1 is 1.39 bits per heavy atom. The van der Waals surface area contributed by atoms with E-state index in [0.717, 1.165) is 23.9 Å². The minimum absolute atomic E-state index is 0.579. The van der Waals surface area contributed by atoms with E-state index < -0.39 is 0 Å². The fraction of sp³-hybridized carbons (Fsp3) is 0.667. The minimum Gasteiger partial charge on any atom is -0.371 e. The zero-order chi connectivity index (χ0) is 13.1. The monoisotopic (exact) mass is 247 g/mol. The molecule has 0 amide bonds. The molecule has 0 spiro atoms. The van der Waals surface area contributed by atoms with Gasteiger partial charge in [0.25, 0.3) is 0 Å². The van der Waals surface area contributed by atoms with E-state index in [4.69, 9.17) is 5.73 Å². The molecule has 1 heterocycles. The first-order valence-corrected chi connectivity index (χ1v) is 7.07. The second-order valence-corrected chi connectivity index (χ2v) is 5.39. The van der Waals surface area contributed by atoms with Gasteiger partial charge in [-0.15, -0.1) is 0 Å². The third-order valence-corrected chi connectivity index (χ3v) is 4.07. The van der Waals surface area contributed by atoms with Crippen LogP contribution in [0.15, 0.2) is 6.07 Å². The summed E-state index contributed by atoms with van der Waals surface area (Å²) in [6, 6.07) is 2.19. The molecule has 18 heavy (non-hydrogen) atoms. The van der Waals surface area contributed by atoms with E-state index in [1.807, 2.05) is 0 Å². The van der Waals surface area contributed by atoms with Gasteiger partial charge in [-0.3, -0.25) is 4.98 Å². The quantitative estimate of drug-likeness (QED) is 0.870. The summed E-state index contributed by atoms with van der Waals surface area (Å²) in [4.78, 5) is 7.01. The Morgan fingerprint density at radius 3 is 2.61 bits per heavy atom. The maximum atomic E-state index is 5.90.